The second kappa shape index (κ2) is 6.65. The number of ether oxygens (including phenoxy) is 1. The third-order valence-electron chi connectivity index (χ3n) is 3.63. The van der Waals surface area contributed by atoms with E-state index in [4.69, 9.17) is 9.26 Å². The number of carbonyl (C=O) groups is 1. The van der Waals surface area contributed by atoms with Crippen molar-refractivity contribution in [2.45, 2.75) is 25.8 Å². The van der Waals surface area contributed by atoms with E-state index in [9.17, 15) is 4.79 Å². The van der Waals surface area contributed by atoms with Crippen LogP contribution in [0.2, 0.25) is 0 Å². The molecule has 7 heteroatoms. The number of pyridine rings is 1. The quantitative estimate of drug-likeness (QED) is 0.847. The minimum Gasteiger partial charge on any atom is -0.377 e. The first-order chi connectivity index (χ1) is 10.7. The van der Waals surface area contributed by atoms with Gasteiger partial charge in [-0.3, -0.25) is 9.78 Å². The van der Waals surface area contributed by atoms with Gasteiger partial charge < -0.3 is 14.2 Å². The molecule has 3 rings (SSSR count). The molecule has 0 aliphatic carbocycles. The first-order valence-corrected chi connectivity index (χ1v) is 7.34. The molecule has 1 aliphatic heterocycles. The Morgan fingerprint density at radius 2 is 2.41 bits per heavy atom. The van der Waals surface area contributed by atoms with Gasteiger partial charge in [0.05, 0.1) is 19.3 Å². The molecule has 116 valence electrons. The Morgan fingerprint density at radius 3 is 3.18 bits per heavy atom. The largest absolute Gasteiger partial charge is 0.377 e. The average Bonchev–Trinajstić information content (AvgIpc) is 3.03. The molecule has 0 N–H and O–H groups in total. The van der Waals surface area contributed by atoms with Crippen molar-refractivity contribution in [1.29, 1.82) is 0 Å². The number of rotatable bonds is 4. The topological polar surface area (TPSA) is 81.4 Å². The maximum atomic E-state index is 12.2. The van der Waals surface area contributed by atoms with E-state index in [1.165, 1.54) is 0 Å². The van der Waals surface area contributed by atoms with Crippen LogP contribution in [0.4, 0.5) is 0 Å². The zero-order valence-corrected chi connectivity index (χ0v) is 12.4. The number of amides is 1. The summed E-state index contributed by atoms with van der Waals surface area (Å²) in [5.41, 5.74) is 0.797. The predicted molar refractivity (Wildman–Crippen MR) is 77.8 cm³/mol. The molecule has 0 aromatic carbocycles. The van der Waals surface area contributed by atoms with Crippen LogP contribution in [0.15, 0.2) is 29.0 Å². The fraction of sp³-hybridized carbons (Fsp3) is 0.467. The molecule has 0 unspecified atom stereocenters. The highest BCUT2D eigenvalue weighted by Crippen LogP contribution is 2.15. The van der Waals surface area contributed by atoms with Crippen molar-refractivity contribution in [3.05, 3.63) is 30.4 Å². The molecule has 1 amide bonds. The van der Waals surface area contributed by atoms with Crippen LogP contribution in [-0.2, 0) is 16.0 Å². The van der Waals surface area contributed by atoms with Crippen molar-refractivity contribution in [3.8, 4) is 11.4 Å². The van der Waals surface area contributed by atoms with Gasteiger partial charge in [-0.1, -0.05) is 5.16 Å². The number of aromatic nitrogens is 3. The van der Waals surface area contributed by atoms with Gasteiger partial charge in [0, 0.05) is 37.3 Å². The van der Waals surface area contributed by atoms with Crippen LogP contribution < -0.4 is 0 Å². The molecule has 1 saturated heterocycles. The van der Waals surface area contributed by atoms with Crippen LogP contribution in [0.3, 0.4) is 0 Å². The van der Waals surface area contributed by atoms with E-state index in [1.807, 2.05) is 24.0 Å². The first kappa shape index (κ1) is 14.6. The average molecular weight is 302 g/mol. The summed E-state index contributed by atoms with van der Waals surface area (Å²) in [5, 5.41) is 3.92. The zero-order chi connectivity index (χ0) is 15.4. The lowest BCUT2D eigenvalue weighted by Crippen LogP contribution is -2.47. The second-order valence-corrected chi connectivity index (χ2v) is 5.26. The van der Waals surface area contributed by atoms with Crippen molar-refractivity contribution in [2.24, 2.45) is 0 Å². The Morgan fingerprint density at radius 1 is 1.50 bits per heavy atom. The number of carbonyl (C=O) groups excluding carboxylic acids is 1. The van der Waals surface area contributed by atoms with Crippen molar-refractivity contribution in [1.82, 2.24) is 20.0 Å². The lowest BCUT2D eigenvalue weighted by molar-refractivity contribution is -0.139. The van der Waals surface area contributed by atoms with Crippen LogP contribution in [0.25, 0.3) is 11.4 Å². The van der Waals surface area contributed by atoms with Gasteiger partial charge in [-0.05, 0) is 19.1 Å². The molecule has 22 heavy (non-hydrogen) atoms. The lowest BCUT2D eigenvalue weighted by Gasteiger charge is -2.33. The number of hydrogen-bond acceptors (Lipinski definition) is 6. The molecule has 1 fully saturated rings. The molecular weight excluding hydrogens is 284 g/mol. The van der Waals surface area contributed by atoms with E-state index in [2.05, 4.69) is 15.1 Å². The van der Waals surface area contributed by atoms with E-state index in [1.54, 1.807) is 12.4 Å². The number of nitrogens with zero attached hydrogens (tertiary/aromatic N) is 4. The molecule has 2 aromatic rings. The Labute approximate surface area is 128 Å². The van der Waals surface area contributed by atoms with Crippen LogP contribution in [0, 0.1) is 0 Å². The van der Waals surface area contributed by atoms with Gasteiger partial charge in [0.1, 0.15) is 0 Å². The summed E-state index contributed by atoms with van der Waals surface area (Å²) < 4.78 is 10.5. The van der Waals surface area contributed by atoms with Crippen LogP contribution in [0.5, 0.6) is 0 Å². The maximum absolute atomic E-state index is 12.2. The number of morpholine rings is 1. The van der Waals surface area contributed by atoms with E-state index in [0.717, 1.165) is 5.56 Å². The summed E-state index contributed by atoms with van der Waals surface area (Å²) >= 11 is 0. The third kappa shape index (κ3) is 3.30. The summed E-state index contributed by atoms with van der Waals surface area (Å²) in [6.45, 7) is 3.83. The highest BCUT2D eigenvalue weighted by molar-refractivity contribution is 5.76. The van der Waals surface area contributed by atoms with Gasteiger partial charge in [-0.2, -0.15) is 4.98 Å². The van der Waals surface area contributed by atoms with Gasteiger partial charge in [-0.15, -0.1) is 0 Å². The molecule has 0 bridgehead atoms. The summed E-state index contributed by atoms with van der Waals surface area (Å²) in [4.78, 5) is 22.4. The molecule has 0 radical (unpaired) electrons. The second-order valence-electron chi connectivity index (χ2n) is 5.26. The molecule has 1 atom stereocenters. The summed E-state index contributed by atoms with van der Waals surface area (Å²) in [7, 11) is 0. The van der Waals surface area contributed by atoms with Crippen LogP contribution >= 0.6 is 0 Å². The minimum atomic E-state index is 0.0944. The predicted octanol–water partition coefficient (Wildman–Crippen LogP) is 1.31. The van der Waals surface area contributed by atoms with E-state index >= 15 is 0 Å². The smallest absolute Gasteiger partial charge is 0.227 e. The van der Waals surface area contributed by atoms with Gasteiger partial charge in [0.2, 0.25) is 17.6 Å². The minimum absolute atomic E-state index is 0.0944. The molecule has 1 aliphatic rings. The van der Waals surface area contributed by atoms with Gasteiger partial charge in [0.25, 0.3) is 0 Å². The fourth-order valence-electron chi connectivity index (χ4n) is 2.42. The summed E-state index contributed by atoms with van der Waals surface area (Å²) in [6, 6.07) is 3.80. The SMILES string of the molecule is C[C@H]1COCCN1C(=O)CCc1nc(-c2cccnc2)no1. The van der Waals surface area contributed by atoms with Crippen molar-refractivity contribution in [2.75, 3.05) is 19.8 Å². The monoisotopic (exact) mass is 302 g/mol. The Bertz CT molecular complexity index is 629. The first-order valence-electron chi connectivity index (χ1n) is 7.34. The van der Waals surface area contributed by atoms with Crippen LogP contribution in [-0.4, -0.2) is 51.7 Å². The number of aryl methyl sites for hydroxylation is 1. The summed E-state index contributed by atoms with van der Waals surface area (Å²) in [6.07, 6.45) is 4.16. The maximum Gasteiger partial charge on any atom is 0.227 e. The Balaban J connectivity index is 1.58. The normalized spacial score (nSPS) is 18.4. The highest BCUT2D eigenvalue weighted by atomic mass is 16.5. The van der Waals surface area contributed by atoms with Gasteiger partial charge in [0.15, 0.2) is 0 Å². The molecule has 0 saturated carbocycles. The van der Waals surface area contributed by atoms with Crippen LogP contribution in [0.1, 0.15) is 19.2 Å². The van der Waals surface area contributed by atoms with Gasteiger partial charge >= 0.3 is 0 Å². The van der Waals surface area contributed by atoms with Crippen molar-refractivity contribution >= 4 is 5.91 Å². The fourth-order valence-corrected chi connectivity index (χ4v) is 2.42. The molecule has 2 aromatic heterocycles. The molecule has 7 nitrogen and oxygen atoms in total. The molecule has 3 heterocycles. The lowest BCUT2D eigenvalue weighted by atomic mass is 10.2. The molecular formula is C15H18N4O3. The van der Waals surface area contributed by atoms with Crippen molar-refractivity contribution in [3.63, 3.8) is 0 Å². The summed E-state index contributed by atoms with van der Waals surface area (Å²) in [5.74, 6) is 1.06. The van der Waals surface area contributed by atoms with E-state index in [-0.39, 0.29) is 11.9 Å². The highest BCUT2D eigenvalue weighted by Gasteiger charge is 2.23. The Kier molecular flexibility index (Phi) is 4.43. The third-order valence-corrected chi connectivity index (χ3v) is 3.63. The number of hydrogen-bond donors (Lipinski definition) is 0. The van der Waals surface area contributed by atoms with Gasteiger partial charge in [-0.25, -0.2) is 0 Å². The van der Waals surface area contributed by atoms with Crippen molar-refractivity contribution < 1.29 is 14.1 Å². The Hall–Kier alpha value is -2.28. The standard InChI is InChI=1S/C15H18N4O3/c1-11-10-21-8-7-19(11)14(20)5-4-13-17-15(18-22-13)12-3-2-6-16-9-12/h2-3,6,9,11H,4-5,7-8,10H2,1H3/t11-/m0/s1. The van der Waals surface area contributed by atoms with E-state index in [0.29, 0.717) is 44.3 Å². The molecule has 0 spiro atoms. The van der Waals surface area contributed by atoms with E-state index < -0.39 is 0 Å². The zero-order valence-electron chi connectivity index (χ0n) is 12.4.